The maximum Gasteiger partial charge on any atom is 0.312 e. The fourth-order valence-electron chi connectivity index (χ4n) is 3.44. The maximum atomic E-state index is 13.4. The van der Waals surface area contributed by atoms with Crippen LogP contribution in [0.5, 0.6) is 5.95 Å². The first-order valence-corrected chi connectivity index (χ1v) is 10.9. The lowest BCUT2D eigenvalue weighted by Gasteiger charge is -2.07. The largest absolute Gasteiger partial charge is 0.539 e. The Bertz CT molecular complexity index is 1530. The highest BCUT2D eigenvalue weighted by molar-refractivity contribution is 7.21. The van der Waals surface area contributed by atoms with Crippen LogP contribution in [-0.4, -0.2) is 16.0 Å². The molecule has 0 radical (unpaired) electrons. The molecule has 5 rings (SSSR count). The van der Waals surface area contributed by atoms with Gasteiger partial charge in [0.25, 0.3) is 5.78 Å². The van der Waals surface area contributed by atoms with Crippen molar-refractivity contribution in [3.8, 4) is 28.8 Å². The van der Waals surface area contributed by atoms with Crippen LogP contribution in [-0.2, 0) is 0 Å². The normalized spacial score (nSPS) is 11.0. The molecule has 0 spiro atoms. The first-order chi connectivity index (χ1) is 15.5. The van der Waals surface area contributed by atoms with Gasteiger partial charge in [-0.15, -0.1) is 11.3 Å². The van der Waals surface area contributed by atoms with E-state index in [0.717, 1.165) is 21.6 Å². The molecule has 0 bridgehead atoms. The molecule has 0 aliphatic rings. The van der Waals surface area contributed by atoms with E-state index in [2.05, 4.69) is 16.3 Å². The van der Waals surface area contributed by atoms with E-state index in [-0.39, 0.29) is 27.6 Å². The summed E-state index contributed by atoms with van der Waals surface area (Å²) in [6.07, 6.45) is 0. The quantitative estimate of drug-likeness (QED) is 0.306. The number of nitrogen functional groups attached to an aromatic ring is 2. The lowest BCUT2D eigenvalue weighted by Crippen LogP contribution is -2.39. The summed E-state index contributed by atoms with van der Waals surface area (Å²) < 4.78 is 5.90. The van der Waals surface area contributed by atoms with E-state index in [9.17, 15) is 15.2 Å². The van der Waals surface area contributed by atoms with Crippen molar-refractivity contribution >= 4 is 50.2 Å². The number of carbonyl (C=O) groups is 1. The standard InChI is InChI=1S/C21H12N6O3S2/c22-8-12-13(10-6-7-31-9-10)14-15(23)18(32-20(14)25-19(12)24)17(28)16-21(29)30-26-27(16)11-4-2-1-3-5-11/h1-7,9H,(H4-,23,24,25,26,28,29). The number of hydrogen-bond donors (Lipinski definition) is 2. The molecule has 0 aliphatic carbocycles. The molecule has 156 valence electrons. The van der Waals surface area contributed by atoms with E-state index in [1.54, 1.807) is 30.3 Å². The molecule has 0 unspecified atom stereocenters. The predicted octanol–water partition coefficient (Wildman–Crippen LogP) is 2.63. The van der Waals surface area contributed by atoms with Crippen LogP contribution in [0.4, 0.5) is 11.5 Å². The van der Waals surface area contributed by atoms with Crippen LogP contribution in [0, 0.1) is 11.3 Å². The number of rotatable bonds is 4. The third kappa shape index (κ3) is 2.89. The topological polar surface area (TPSA) is 159 Å². The van der Waals surface area contributed by atoms with Crippen molar-refractivity contribution in [2.24, 2.45) is 0 Å². The average Bonchev–Trinajstić information content (AvgIpc) is 3.53. The number of ketones is 1. The van der Waals surface area contributed by atoms with Crippen LogP contribution in [0.15, 0.2) is 51.7 Å². The monoisotopic (exact) mass is 460 g/mol. The number of carbonyl (C=O) groups excluding carboxylic acids is 1. The van der Waals surface area contributed by atoms with E-state index in [0.29, 0.717) is 21.5 Å². The average molecular weight is 461 g/mol. The van der Waals surface area contributed by atoms with Gasteiger partial charge in [0, 0.05) is 23.1 Å². The molecule has 0 fully saturated rings. The summed E-state index contributed by atoms with van der Waals surface area (Å²) in [5.41, 5.74) is 14.2. The Labute approximate surface area is 188 Å². The zero-order chi connectivity index (χ0) is 22.4. The molecule has 4 aromatic heterocycles. The number of benzene rings is 1. The van der Waals surface area contributed by atoms with Gasteiger partial charge in [-0.3, -0.25) is 4.79 Å². The van der Waals surface area contributed by atoms with Gasteiger partial charge >= 0.3 is 5.69 Å². The molecule has 11 heteroatoms. The number of nitrogens with two attached hydrogens (primary N) is 2. The van der Waals surface area contributed by atoms with Crippen molar-refractivity contribution in [3.63, 3.8) is 0 Å². The maximum absolute atomic E-state index is 13.4. The molecule has 5 aromatic rings. The van der Waals surface area contributed by atoms with Gasteiger partial charge in [0.05, 0.1) is 11.0 Å². The molecule has 0 saturated heterocycles. The van der Waals surface area contributed by atoms with Gasteiger partial charge in [0.1, 0.15) is 27.2 Å². The highest BCUT2D eigenvalue weighted by Crippen LogP contribution is 2.43. The fourth-order valence-corrected chi connectivity index (χ4v) is 5.14. The van der Waals surface area contributed by atoms with Crippen LogP contribution in [0.25, 0.3) is 27.0 Å². The van der Waals surface area contributed by atoms with E-state index >= 15 is 0 Å². The van der Waals surface area contributed by atoms with Gasteiger partial charge < -0.3 is 21.1 Å². The Morgan fingerprint density at radius 1 is 1.22 bits per heavy atom. The minimum absolute atomic E-state index is 0.0373. The summed E-state index contributed by atoms with van der Waals surface area (Å²) in [5, 5.41) is 29.9. The number of anilines is 2. The molecule has 0 amide bonds. The summed E-state index contributed by atoms with van der Waals surface area (Å²) in [7, 11) is 0. The molecule has 9 nitrogen and oxygen atoms in total. The van der Waals surface area contributed by atoms with E-state index in [1.807, 2.05) is 16.8 Å². The number of hydrogen-bond acceptors (Lipinski definition) is 10. The Balaban J connectivity index is 1.76. The Morgan fingerprint density at radius 2 is 2.00 bits per heavy atom. The van der Waals surface area contributed by atoms with Crippen LogP contribution < -0.4 is 21.3 Å². The van der Waals surface area contributed by atoms with Crippen molar-refractivity contribution in [1.29, 1.82) is 5.26 Å². The third-order valence-corrected chi connectivity index (χ3v) is 6.64. The van der Waals surface area contributed by atoms with Crippen LogP contribution >= 0.6 is 22.7 Å². The Hall–Kier alpha value is -4.27. The summed E-state index contributed by atoms with van der Waals surface area (Å²) >= 11 is 2.44. The minimum Gasteiger partial charge on any atom is -0.539 e. The van der Waals surface area contributed by atoms with Gasteiger partial charge in [-0.1, -0.05) is 18.2 Å². The van der Waals surface area contributed by atoms with Gasteiger partial charge in [0.2, 0.25) is 5.69 Å². The zero-order valence-corrected chi connectivity index (χ0v) is 17.7. The second-order valence-electron chi connectivity index (χ2n) is 6.68. The molecule has 0 saturated carbocycles. The molecule has 0 aliphatic heterocycles. The number of aromatic nitrogens is 3. The molecule has 4 N–H and O–H groups in total. The van der Waals surface area contributed by atoms with Crippen molar-refractivity contribution < 1.29 is 19.1 Å². The summed E-state index contributed by atoms with van der Waals surface area (Å²) in [5.74, 6) is -1.51. The van der Waals surface area contributed by atoms with Crippen molar-refractivity contribution in [3.05, 3.63) is 63.3 Å². The molecule has 0 atom stereocenters. The molecular weight excluding hydrogens is 448 g/mol. The highest BCUT2D eigenvalue weighted by Gasteiger charge is 2.33. The summed E-state index contributed by atoms with van der Waals surface area (Å²) in [4.78, 5) is 18.2. The van der Waals surface area contributed by atoms with Crippen LogP contribution in [0.3, 0.4) is 0 Å². The zero-order valence-electron chi connectivity index (χ0n) is 16.1. The minimum atomic E-state index is -0.890. The van der Waals surface area contributed by atoms with Gasteiger partial charge in [-0.25, -0.2) is 4.98 Å². The van der Waals surface area contributed by atoms with Gasteiger partial charge in [0.15, 0.2) is 5.95 Å². The number of pyridine rings is 1. The van der Waals surface area contributed by atoms with E-state index < -0.39 is 11.7 Å². The SMILES string of the molecule is N#Cc1c(N)nc2sc(C(=O)c3c([O-])on[n+]3-c3ccccc3)c(N)c2c1-c1ccsc1. The van der Waals surface area contributed by atoms with Crippen LogP contribution in [0.1, 0.15) is 20.9 Å². The molecule has 4 heterocycles. The van der Waals surface area contributed by atoms with E-state index in [1.165, 1.54) is 11.3 Å². The number of fused-ring (bicyclic) bond motifs is 1. The van der Waals surface area contributed by atoms with Crippen molar-refractivity contribution in [1.82, 2.24) is 10.3 Å². The highest BCUT2D eigenvalue weighted by atomic mass is 32.1. The van der Waals surface area contributed by atoms with Crippen molar-refractivity contribution in [2.75, 3.05) is 11.5 Å². The smallest absolute Gasteiger partial charge is 0.312 e. The number of thiophene rings is 2. The first-order valence-electron chi connectivity index (χ1n) is 9.14. The number of para-hydroxylation sites is 1. The van der Waals surface area contributed by atoms with Crippen LogP contribution in [0.2, 0.25) is 0 Å². The Morgan fingerprint density at radius 3 is 2.69 bits per heavy atom. The first kappa shape index (κ1) is 19.7. The number of nitriles is 1. The predicted molar refractivity (Wildman–Crippen MR) is 117 cm³/mol. The Kier molecular flexibility index (Phi) is 4.58. The van der Waals surface area contributed by atoms with Crippen molar-refractivity contribution in [2.45, 2.75) is 0 Å². The summed E-state index contributed by atoms with van der Waals surface area (Å²) in [6, 6.07) is 12.6. The molecule has 32 heavy (non-hydrogen) atoms. The third-order valence-electron chi connectivity index (χ3n) is 4.86. The second kappa shape index (κ2) is 7.45. The molecular formula is C21H12N6O3S2. The van der Waals surface area contributed by atoms with E-state index in [4.69, 9.17) is 16.0 Å². The fraction of sp³-hybridized carbons (Fsp3) is 0. The van der Waals surface area contributed by atoms with Gasteiger partial charge in [-0.05, 0) is 27.1 Å². The lowest BCUT2D eigenvalue weighted by atomic mass is 9.99. The molecule has 1 aromatic carbocycles. The van der Waals surface area contributed by atoms with Gasteiger partial charge in [-0.2, -0.15) is 16.6 Å². The lowest BCUT2D eigenvalue weighted by molar-refractivity contribution is -0.672. The summed E-state index contributed by atoms with van der Waals surface area (Å²) in [6.45, 7) is 0. The number of nitrogens with zero attached hydrogens (tertiary/aromatic N) is 4. The second-order valence-corrected chi connectivity index (χ2v) is 8.46.